The average Bonchev–Trinajstić information content (AvgIpc) is 2.84. The normalized spacial score (nSPS) is 10.4. The van der Waals surface area contributed by atoms with Gasteiger partial charge in [-0.05, 0) is 19.1 Å². The van der Waals surface area contributed by atoms with Gasteiger partial charge < -0.3 is 13.8 Å². The van der Waals surface area contributed by atoms with Crippen LogP contribution in [0.25, 0.3) is 0 Å². The Morgan fingerprint density at radius 3 is 3.00 bits per heavy atom. The summed E-state index contributed by atoms with van der Waals surface area (Å²) in [6.45, 7) is 1.91. The van der Waals surface area contributed by atoms with E-state index in [4.69, 9.17) is 9.26 Å². The number of nitrogens with zero attached hydrogens (tertiary/aromatic N) is 2. The number of esters is 1. The molecule has 5 nitrogen and oxygen atoms in total. The van der Waals surface area contributed by atoms with Crippen LogP contribution in [0.2, 0.25) is 0 Å². The molecule has 0 unspecified atom stereocenters. The molecule has 16 heavy (non-hydrogen) atoms. The number of rotatable bonds is 3. The molecular weight excluding hydrogens is 208 g/mol. The maximum atomic E-state index is 11.6. The lowest BCUT2D eigenvalue weighted by atomic mass is 10.4. The predicted octanol–water partition coefficient (Wildman–Crippen LogP) is 1.68. The van der Waals surface area contributed by atoms with E-state index in [2.05, 4.69) is 5.16 Å². The summed E-state index contributed by atoms with van der Waals surface area (Å²) < 4.78 is 11.7. The zero-order chi connectivity index (χ0) is 11.5. The molecule has 0 spiro atoms. The van der Waals surface area contributed by atoms with Crippen molar-refractivity contribution in [3.05, 3.63) is 41.5 Å². The van der Waals surface area contributed by atoms with Gasteiger partial charge in [0.1, 0.15) is 5.69 Å². The standard InChI is InChI=1S/C11H12N2O3/c1-8-6-9(16-12-8)7-15-11(14)10-4-3-5-13(10)2/h3-6H,7H2,1-2H3. The Kier molecular flexibility index (Phi) is 2.76. The minimum atomic E-state index is -0.374. The molecule has 0 atom stereocenters. The van der Waals surface area contributed by atoms with Crippen LogP contribution >= 0.6 is 0 Å². The van der Waals surface area contributed by atoms with E-state index in [0.717, 1.165) is 5.69 Å². The topological polar surface area (TPSA) is 57.3 Å². The number of hydrogen-bond acceptors (Lipinski definition) is 4. The van der Waals surface area contributed by atoms with Crippen LogP contribution in [0.1, 0.15) is 21.9 Å². The first kappa shape index (κ1) is 10.5. The highest BCUT2D eigenvalue weighted by atomic mass is 16.5. The van der Waals surface area contributed by atoms with E-state index in [1.165, 1.54) is 0 Å². The van der Waals surface area contributed by atoms with Crippen molar-refractivity contribution in [3.63, 3.8) is 0 Å². The minimum absolute atomic E-state index is 0.102. The van der Waals surface area contributed by atoms with Gasteiger partial charge in [0.05, 0.1) is 5.69 Å². The van der Waals surface area contributed by atoms with Crippen molar-refractivity contribution in [2.45, 2.75) is 13.5 Å². The van der Waals surface area contributed by atoms with Crippen molar-refractivity contribution in [2.24, 2.45) is 7.05 Å². The Hall–Kier alpha value is -2.04. The molecule has 0 amide bonds. The van der Waals surface area contributed by atoms with Crippen LogP contribution < -0.4 is 0 Å². The van der Waals surface area contributed by atoms with Gasteiger partial charge in [-0.3, -0.25) is 0 Å². The van der Waals surface area contributed by atoms with E-state index in [-0.39, 0.29) is 12.6 Å². The Bertz CT molecular complexity index is 499. The van der Waals surface area contributed by atoms with E-state index in [9.17, 15) is 4.79 Å². The first-order chi connectivity index (χ1) is 7.66. The van der Waals surface area contributed by atoms with Crippen molar-refractivity contribution in [2.75, 3.05) is 0 Å². The Labute approximate surface area is 92.6 Å². The lowest BCUT2D eigenvalue weighted by molar-refractivity contribution is 0.0426. The number of hydrogen-bond donors (Lipinski definition) is 0. The van der Waals surface area contributed by atoms with Gasteiger partial charge in [0.15, 0.2) is 12.4 Å². The van der Waals surface area contributed by atoms with E-state index in [1.54, 1.807) is 36.0 Å². The molecule has 0 radical (unpaired) electrons. The molecule has 0 saturated carbocycles. The van der Waals surface area contributed by atoms with Crippen molar-refractivity contribution in [3.8, 4) is 0 Å². The van der Waals surface area contributed by atoms with Gasteiger partial charge in [-0.15, -0.1) is 0 Å². The molecule has 2 aromatic heterocycles. The summed E-state index contributed by atoms with van der Waals surface area (Å²) in [6.07, 6.45) is 1.79. The fourth-order valence-corrected chi connectivity index (χ4v) is 1.37. The third-order valence-electron chi connectivity index (χ3n) is 2.18. The van der Waals surface area contributed by atoms with E-state index < -0.39 is 0 Å². The van der Waals surface area contributed by atoms with Gasteiger partial charge >= 0.3 is 5.97 Å². The van der Waals surface area contributed by atoms with Crippen molar-refractivity contribution in [1.82, 2.24) is 9.72 Å². The van der Waals surface area contributed by atoms with Crippen LogP contribution in [-0.2, 0) is 18.4 Å². The number of aryl methyl sites for hydroxylation is 2. The molecule has 0 aliphatic carbocycles. The molecule has 2 rings (SSSR count). The summed E-state index contributed by atoms with van der Waals surface area (Å²) >= 11 is 0. The Balaban J connectivity index is 1.96. The zero-order valence-electron chi connectivity index (χ0n) is 9.14. The second-order valence-corrected chi connectivity index (χ2v) is 3.52. The number of carbonyl (C=O) groups is 1. The van der Waals surface area contributed by atoms with Crippen molar-refractivity contribution >= 4 is 5.97 Å². The molecule has 0 N–H and O–H groups in total. The molecule has 0 aliphatic rings. The van der Waals surface area contributed by atoms with Crippen molar-refractivity contribution < 1.29 is 14.1 Å². The first-order valence-corrected chi connectivity index (χ1v) is 4.87. The highest BCUT2D eigenvalue weighted by Crippen LogP contribution is 2.07. The lowest BCUT2D eigenvalue weighted by Gasteiger charge is -2.02. The molecule has 84 valence electrons. The Morgan fingerprint density at radius 1 is 1.62 bits per heavy atom. The lowest BCUT2D eigenvalue weighted by Crippen LogP contribution is -2.09. The minimum Gasteiger partial charge on any atom is -0.453 e. The molecule has 5 heteroatoms. The molecule has 0 saturated heterocycles. The third kappa shape index (κ3) is 2.13. The zero-order valence-corrected chi connectivity index (χ0v) is 9.14. The first-order valence-electron chi connectivity index (χ1n) is 4.87. The number of carbonyl (C=O) groups excluding carboxylic acids is 1. The van der Waals surface area contributed by atoms with Gasteiger partial charge in [-0.25, -0.2) is 4.79 Å². The molecular formula is C11H12N2O3. The second-order valence-electron chi connectivity index (χ2n) is 3.52. The maximum absolute atomic E-state index is 11.6. The van der Waals surface area contributed by atoms with Gasteiger partial charge in [-0.2, -0.15) is 0 Å². The molecule has 0 aromatic carbocycles. The van der Waals surface area contributed by atoms with E-state index >= 15 is 0 Å². The van der Waals surface area contributed by atoms with Crippen LogP contribution in [0, 0.1) is 6.92 Å². The highest BCUT2D eigenvalue weighted by molar-refractivity contribution is 5.87. The highest BCUT2D eigenvalue weighted by Gasteiger charge is 2.11. The quantitative estimate of drug-likeness (QED) is 0.738. The summed E-state index contributed by atoms with van der Waals surface area (Å²) in [6, 6.07) is 5.22. The molecule has 0 aliphatic heterocycles. The second kappa shape index (κ2) is 4.22. The van der Waals surface area contributed by atoms with Gasteiger partial charge in [0.25, 0.3) is 0 Å². The van der Waals surface area contributed by atoms with Gasteiger partial charge in [0, 0.05) is 19.3 Å². The van der Waals surface area contributed by atoms with Crippen LogP contribution in [-0.4, -0.2) is 15.7 Å². The fourth-order valence-electron chi connectivity index (χ4n) is 1.37. The predicted molar refractivity (Wildman–Crippen MR) is 55.8 cm³/mol. The fraction of sp³-hybridized carbons (Fsp3) is 0.273. The van der Waals surface area contributed by atoms with Crippen LogP contribution in [0.5, 0.6) is 0 Å². The smallest absolute Gasteiger partial charge is 0.355 e. The van der Waals surface area contributed by atoms with Crippen LogP contribution in [0.3, 0.4) is 0 Å². The largest absolute Gasteiger partial charge is 0.453 e. The molecule has 2 heterocycles. The summed E-state index contributed by atoms with van der Waals surface area (Å²) in [5.41, 5.74) is 1.28. The van der Waals surface area contributed by atoms with Crippen molar-refractivity contribution in [1.29, 1.82) is 0 Å². The number of ether oxygens (including phenoxy) is 1. The summed E-state index contributed by atoms with van der Waals surface area (Å²) in [5, 5.41) is 3.70. The molecule has 2 aromatic rings. The van der Waals surface area contributed by atoms with Gasteiger partial charge in [0.2, 0.25) is 0 Å². The average molecular weight is 220 g/mol. The van der Waals surface area contributed by atoms with Gasteiger partial charge in [-0.1, -0.05) is 5.16 Å². The SMILES string of the molecule is Cc1cc(COC(=O)c2cccn2C)on1. The monoisotopic (exact) mass is 220 g/mol. The van der Waals surface area contributed by atoms with Crippen LogP contribution in [0.4, 0.5) is 0 Å². The maximum Gasteiger partial charge on any atom is 0.355 e. The third-order valence-corrected chi connectivity index (χ3v) is 2.18. The summed E-state index contributed by atoms with van der Waals surface area (Å²) in [7, 11) is 1.79. The van der Waals surface area contributed by atoms with E-state index in [1.807, 2.05) is 6.92 Å². The summed E-state index contributed by atoms with van der Waals surface area (Å²) in [5.74, 6) is 0.168. The van der Waals surface area contributed by atoms with E-state index in [0.29, 0.717) is 11.5 Å². The summed E-state index contributed by atoms with van der Waals surface area (Å²) in [4.78, 5) is 11.6. The number of aromatic nitrogens is 2. The molecule has 0 fully saturated rings. The molecule has 0 bridgehead atoms. The van der Waals surface area contributed by atoms with Crippen LogP contribution in [0.15, 0.2) is 28.9 Å². The Morgan fingerprint density at radius 2 is 2.44 bits per heavy atom.